The Bertz CT molecular complexity index is 1780. The Balaban J connectivity index is -0.000000146. The highest BCUT2D eigenvalue weighted by Gasteiger charge is 2.07. The zero-order chi connectivity index (χ0) is 105. The normalized spacial score (nSPS) is 10.8. The first-order valence-electron chi connectivity index (χ1n) is 54.5. The van der Waals surface area contributed by atoms with Crippen molar-refractivity contribution in [1.82, 2.24) is 0 Å². The van der Waals surface area contributed by atoms with Crippen molar-refractivity contribution in [1.29, 1.82) is 0 Å². The molecule has 0 bridgehead atoms. The Labute approximate surface area is 831 Å². The van der Waals surface area contributed by atoms with Crippen molar-refractivity contribution in [3.05, 3.63) is 0 Å². The van der Waals surface area contributed by atoms with Gasteiger partial charge in [0, 0.05) is 32.1 Å². The molecule has 0 spiro atoms. The second kappa shape index (κ2) is 140. The van der Waals surface area contributed by atoms with Crippen LogP contribution in [0.5, 0.6) is 0 Å². The maximum Gasteiger partial charge on any atom is 0.303 e. The monoisotopic (exact) mass is 1970 g/mol. The molecule has 0 aliphatic carbocycles. The molecule has 0 aromatic rings. The number of aliphatic hydroxyl groups excluding tert-OH is 18. The number of aliphatic carboxylic acids is 5. The van der Waals surface area contributed by atoms with Crippen LogP contribution in [0.2, 0.25) is 0 Å². The van der Waals surface area contributed by atoms with Crippen LogP contribution < -0.4 is 0 Å². The topological polar surface area (TPSA) is 551 Å². The van der Waals surface area contributed by atoms with E-state index in [0.717, 1.165) is 93.8 Å². The van der Waals surface area contributed by atoms with Gasteiger partial charge in [-0.25, -0.2) is 0 Å². The van der Waals surface area contributed by atoms with Crippen LogP contribution in [0.3, 0.4) is 0 Å². The summed E-state index contributed by atoms with van der Waals surface area (Å²) in [5.74, 6) is 1.06. The van der Waals surface area contributed by atoms with Crippen LogP contribution in [0.15, 0.2) is 0 Å². The molecular weight excluding hydrogens is 1750 g/mol. The van der Waals surface area contributed by atoms with E-state index in [9.17, 15) is 24.0 Å². The minimum absolute atomic E-state index is 0.344. The summed E-state index contributed by atoms with van der Waals surface area (Å²) < 4.78 is 0. The van der Waals surface area contributed by atoms with E-state index in [0.29, 0.717) is 32.1 Å². The predicted molar refractivity (Wildman–Crippen MR) is 557 cm³/mol. The molecule has 0 saturated carbocycles. The van der Waals surface area contributed by atoms with E-state index in [4.69, 9.17) is 117 Å². The molecule has 0 aliphatic heterocycles. The average molecular weight is 1970 g/mol. The Morgan fingerprint density at radius 2 is 0.199 bits per heavy atom. The first-order valence-corrected chi connectivity index (χ1v) is 54.5. The summed E-state index contributed by atoms with van der Waals surface area (Å²) in [6, 6.07) is 0. The standard InChI is InChI=1S/5C18H36O2.6C3H8O3/c5*1-17(2)15-13-11-9-7-5-3-4-6-8-10-12-14-16-18(19)20;6*4-1-3(6)2-5/h5*17H,3-16H2,1-2H3,(H,19,20);6*3-6H,1-2H2. The molecule has 0 aliphatic rings. The molecule has 23 N–H and O–H groups in total. The van der Waals surface area contributed by atoms with E-state index in [1.165, 1.54) is 353 Å². The lowest BCUT2D eigenvalue weighted by Crippen LogP contribution is -2.15. The van der Waals surface area contributed by atoms with Gasteiger partial charge in [-0.3, -0.25) is 24.0 Å². The fraction of sp³-hybridized carbons (Fsp3) is 0.954. The van der Waals surface area contributed by atoms with Crippen LogP contribution in [0.4, 0.5) is 0 Å². The minimum Gasteiger partial charge on any atom is -0.481 e. The molecule has 0 aromatic carbocycles. The van der Waals surface area contributed by atoms with Gasteiger partial charge in [0.2, 0.25) is 0 Å². The number of hydrogen-bond donors (Lipinski definition) is 23. The molecule has 0 unspecified atom stereocenters. The molecule has 0 heterocycles. The molecule has 0 amide bonds. The van der Waals surface area contributed by atoms with Crippen LogP contribution in [-0.2, 0) is 24.0 Å². The van der Waals surface area contributed by atoms with E-state index in [2.05, 4.69) is 69.2 Å². The summed E-state index contributed by atoms with van der Waals surface area (Å²) in [7, 11) is 0. The Hall–Kier alpha value is -3.37. The van der Waals surface area contributed by atoms with Gasteiger partial charge in [-0.05, 0) is 61.7 Å². The van der Waals surface area contributed by atoms with Crippen LogP contribution >= 0.6 is 0 Å². The molecule has 28 heteroatoms. The first-order chi connectivity index (χ1) is 65.0. The highest BCUT2D eigenvalue weighted by molar-refractivity contribution is 5.67. The Morgan fingerprint density at radius 1 is 0.132 bits per heavy atom. The lowest BCUT2D eigenvalue weighted by Gasteiger charge is -2.04. The second-order valence-electron chi connectivity index (χ2n) is 39.0. The van der Waals surface area contributed by atoms with Gasteiger partial charge in [0.15, 0.2) is 0 Å². The molecule has 136 heavy (non-hydrogen) atoms. The fourth-order valence-electron chi connectivity index (χ4n) is 13.3. The molecule has 0 atom stereocenters. The van der Waals surface area contributed by atoms with Crippen molar-refractivity contribution in [2.45, 2.75) is 555 Å². The molecule has 828 valence electrons. The van der Waals surface area contributed by atoms with Gasteiger partial charge in [-0.15, -0.1) is 0 Å². The lowest BCUT2D eigenvalue weighted by atomic mass is 10.0. The SMILES string of the molecule is CC(C)CCCCCCCCCCCCCCC(=O)O.CC(C)CCCCCCCCCCCCCCC(=O)O.CC(C)CCCCCCCCCCCCCCC(=O)O.CC(C)CCCCCCCCCCCCCCC(=O)O.CC(C)CCCCCCCCCCCCCCC(=O)O.OCC(O)CO.OCC(O)CO.OCC(O)CO.OCC(O)CO.OCC(O)CO.OCC(O)CO. The molecule has 0 saturated heterocycles. The number of aliphatic hydroxyl groups is 18. The number of carbonyl (C=O) groups is 5. The Morgan fingerprint density at radius 3 is 0.250 bits per heavy atom. The maximum atomic E-state index is 10.3. The number of hydrogen-bond acceptors (Lipinski definition) is 23. The van der Waals surface area contributed by atoms with Crippen molar-refractivity contribution in [3.8, 4) is 0 Å². The third kappa shape index (κ3) is 197. The fourth-order valence-corrected chi connectivity index (χ4v) is 13.3. The highest BCUT2D eigenvalue weighted by atomic mass is 16.4. The van der Waals surface area contributed by atoms with Crippen LogP contribution in [0.1, 0.15) is 519 Å². The molecule has 0 radical (unpaired) electrons. The molecular formula is C108H228O28. The van der Waals surface area contributed by atoms with Gasteiger partial charge in [0.05, 0.1) is 79.3 Å². The van der Waals surface area contributed by atoms with E-state index >= 15 is 0 Å². The zero-order valence-electron chi connectivity index (χ0n) is 89.2. The van der Waals surface area contributed by atoms with Gasteiger partial charge >= 0.3 is 29.8 Å². The largest absolute Gasteiger partial charge is 0.481 e. The second-order valence-corrected chi connectivity index (χ2v) is 39.0. The molecule has 0 fully saturated rings. The van der Waals surface area contributed by atoms with E-state index < -0.39 is 66.5 Å². The summed E-state index contributed by atoms with van der Waals surface area (Å²) in [5.41, 5.74) is 0. The quantitative estimate of drug-likeness (QED) is 0.0251. The van der Waals surface area contributed by atoms with Crippen molar-refractivity contribution in [2.75, 3.05) is 79.3 Å². The third-order valence-electron chi connectivity index (χ3n) is 22.1. The van der Waals surface area contributed by atoms with Crippen LogP contribution in [0, 0.1) is 29.6 Å². The summed E-state index contributed by atoms with van der Waals surface area (Å²) in [6.45, 7) is 18.7. The summed E-state index contributed by atoms with van der Waals surface area (Å²) in [5, 5.41) is 187. The van der Waals surface area contributed by atoms with Gasteiger partial charge in [0.1, 0.15) is 36.6 Å². The number of rotatable bonds is 87. The first kappa shape index (κ1) is 155. The lowest BCUT2D eigenvalue weighted by molar-refractivity contribution is -0.138. The van der Waals surface area contributed by atoms with Crippen molar-refractivity contribution in [3.63, 3.8) is 0 Å². The van der Waals surface area contributed by atoms with Crippen molar-refractivity contribution >= 4 is 29.8 Å². The van der Waals surface area contributed by atoms with E-state index in [-0.39, 0.29) is 79.3 Å². The van der Waals surface area contributed by atoms with Gasteiger partial charge in [0.25, 0.3) is 0 Å². The van der Waals surface area contributed by atoms with Gasteiger partial charge in [-0.1, -0.05) is 454 Å². The number of carboxylic acids is 5. The third-order valence-corrected chi connectivity index (χ3v) is 22.1. The summed E-state index contributed by atoms with van der Waals surface area (Å²) in [4.78, 5) is 51.7. The van der Waals surface area contributed by atoms with E-state index in [1.807, 2.05) is 0 Å². The average Bonchev–Trinajstić information content (AvgIpc) is 1.11. The van der Waals surface area contributed by atoms with Gasteiger partial charge < -0.3 is 117 Å². The van der Waals surface area contributed by atoms with Crippen LogP contribution in [0.25, 0.3) is 0 Å². The molecule has 28 nitrogen and oxygen atoms in total. The smallest absolute Gasteiger partial charge is 0.303 e. The number of unbranched alkanes of at least 4 members (excludes halogenated alkanes) is 55. The van der Waals surface area contributed by atoms with E-state index in [1.54, 1.807) is 0 Å². The van der Waals surface area contributed by atoms with Crippen molar-refractivity contribution < 1.29 is 141 Å². The maximum absolute atomic E-state index is 10.3. The predicted octanol–water partition coefficient (Wildman–Crippen LogP) is 20.9. The van der Waals surface area contributed by atoms with Gasteiger partial charge in [-0.2, -0.15) is 0 Å². The Kier molecular flexibility index (Phi) is 160. The summed E-state index contributed by atoms with van der Waals surface area (Å²) in [6.07, 6.45) is 80.9. The highest BCUT2D eigenvalue weighted by Crippen LogP contribution is 2.21. The zero-order valence-corrected chi connectivity index (χ0v) is 89.2. The van der Waals surface area contributed by atoms with Crippen LogP contribution in [-0.4, -0.2) is 263 Å². The number of carboxylic acid groups (broad SMARTS) is 5. The summed E-state index contributed by atoms with van der Waals surface area (Å²) >= 11 is 0. The molecule has 0 rings (SSSR count). The van der Waals surface area contributed by atoms with Crippen molar-refractivity contribution in [2.24, 2.45) is 29.6 Å². The minimum atomic E-state index is -0.954. The molecule has 0 aromatic heterocycles.